The van der Waals surface area contributed by atoms with E-state index in [-0.39, 0.29) is 10.7 Å². The highest BCUT2D eigenvalue weighted by atomic mass is 35.5. The summed E-state index contributed by atoms with van der Waals surface area (Å²) in [6.07, 6.45) is 1.67. The fraction of sp³-hybridized carbons (Fsp3) is 0.385. The molecule has 19 heavy (non-hydrogen) atoms. The van der Waals surface area contributed by atoms with Crippen molar-refractivity contribution in [1.82, 2.24) is 0 Å². The Morgan fingerprint density at radius 3 is 2.68 bits per heavy atom. The van der Waals surface area contributed by atoms with Crippen molar-refractivity contribution in [3.05, 3.63) is 29.0 Å². The number of aliphatic carboxylic acids is 1. The summed E-state index contributed by atoms with van der Waals surface area (Å²) in [5, 5.41) is 11.4. The standard InChI is InChI=1S/C13H13ClFNO3/c14-9-5-2-6-10(11(9)15)16-12(17)7-3-1-4-8(7)13(18)19/h2,5-8H,1,3-4H2,(H,16,17)(H,18,19). The molecule has 1 aromatic rings. The van der Waals surface area contributed by atoms with Gasteiger partial charge >= 0.3 is 5.97 Å². The van der Waals surface area contributed by atoms with Crippen LogP contribution in [0.5, 0.6) is 0 Å². The summed E-state index contributed by atoms with van der Waals surface area (Å²) in [5.41, 5.74) is -0.0199. The molecule has 1 aromatic carbocycles. The van der Waals surface area contributed by atoms with Crippen molar-refractivity contribution in [3.8, 4) is 0 Å². The van der Waals surface area contributed by atoms with Crippen LogP contribution in [0, 0.1) is 17.7 Å². The number of amides is 1. The normalized spacial score (nSPS) is 22.2. The third-order valence-electron chi connectivity index (χ3n) is 3.38. The summed E-state index contributed by atoms with van der Waals surface area (Å²) < 4.78 is 13.6. The van der Waals surface area contributed by atoms with Crippen molar-refractivity contribution in [2.24, 2.45) is 11.8 Å². The second kappa shape index (κ2) is 5.57. The summed E-state index contributed by atoms with van der Waals surface area (Å²) in [5.74, 6) is -3.46. The van der Waals surface area contributed by atoms with Gasteiger partial charge in [0.2, 0.25) is 5.91 Å². The first kappa shape index (κ1) is 13.8. The van der Waals surface area contributed by atoms with Gasteiger partial charge in [-0.15, -0.1) is 0 Å². The highest BCUT2D eigenvalue weighted by Gasteiger charge is 2.37. The van der Waals surface area contributed by atoms with Crippen LogP contribution in [0.4, 0.5) is 10.1 Å². The Kier molecular flexibility index (Phi) is 4.04. The average molecular weight is 286 g/mol. The number of carbonyl (C=O) groups is 2. The van der Waals surface area contributed by atoms with Gasteiger partial charge in [0, 0.05) is 0 Å². The van der Waals surface area contributed by atoms with Crippen LogP contribution in [0.2, 0.25) is 5.02 Å². The first-order valence-electron chi connectivity index (χ1n) is 5.98. The number of anilines is 1. The fourth-order valence-corrected chi connectivity index (χ4v) is 2.57. The molecule has 0 spiro atoms. The maximum absolute atomic E-state index is 13.6. The SMILES string of the molecule is O=C(O)C1CCCC1C(=O)Nc1cccc(Cl)c1F. The zero-order chi connectivity index (χ0) is 14.0. The molecular formula is C13H13ClFNO3. The zero-order valence-electron chi connectivity index (χ0n) is 10.0. The van der Waals surface area contributed by atoms with Gasteiger partial charge in [-0.25, -0.2) is 4.39 Å². The molecule has 0 aromatic heterocycles. The predicted octanol–water partition coefficient (Wildman–Crippen LogP) is 2.92. The van der Waals surface area contributed by atoms with E-state index in [0.717, 1.165) is 0 Å². The van der Waals surface area contributed by atoms with E-state index in [1.54, 1.807) is 0 Å². The molecule has 1 fully saturated rings. The van der Waals surface area contributed by atoms with Crippen molar-refractivity contribution in [3.63, 3.8) is 0 Å². The Hall–Kier alpha value is -1.62. The van der Waals surface area contributed by atoms with E-state index in [1.165, 1.54) is 18.2 Å². The summed E-state index contributed by atoms with van der Waals surface area (Å²) in [6, 6.07) is 4.29. The number of hydrogen-bond acceptors (Lipinski definition) is 2. The lowest BCUT2D eigenvalue weighted by Crippen LogP contribution is -2.30. The maximum Gasteiger partial charge on any atom is 0.307 e. The van der Waals surface area contributed by atoms with Crippen LogP contribution in [0.1, 0.15) is 19.3 Å². The molecule has 2 unspecified atom stereocenters. The molecule has 1 aliphatic carbocycles. The lowest BCUT2D eigenvalue weighted by molar-refractivity contribution is -0.145. The lowest BCUT2D eigenvalue weighted by Gasteiger charge is -2.16. The second-order valence-electron chi connectivity index (χ2n) is 4.57. The average Bonchev–Trinajstić information content (AvgIpc) is 2.84. The first-order valence-corrected chi connectivity index (χ1v) is 6.36. The van der Waals surface area contributed by atoms with Crippen molar-refractivity contribution >= 4 is 29.2 Å². The van der Waals surface area contributed by atoms with E-state index >= 15 is 0 Å². The number of carboxylic acid groups (broad SMARTS) is 1. The molecule has 0 saturated heterocycles. The monoisotopic (exact) mass is 285 g/mol. The molecule has 2 rings (SSSR count). The van der Waals surface area contributed by atoms with Crippen molar-refractivity contribution < 1.29 is 19.1 Å². The van der Waals surface area contributed by atoms with Gasteiger partial charge in [0.05, 0.1) is 22.5 Å². The van der Waals surface area contributed by atoms with E-state index in [2.05, 4.69) is 5.32 Å². The van der Waals surface area contributed by atoms with Crippen LogP contribution in [0.15, 0.2) is 18.2 Å². The Balaban J connectivity index is 2.13. The van der Waals surface area contributed by atoms with Gasteiger partial charge in [-0.3, -0.25) is 9.59 Å². The number of halogens is 2. The number of nitrogens with one attached hydrogen (secondary N) is 1. The minimum absolute atomic E-state index is 0.0199. The van der Waals surface area contributed by atoms with E-state index in [1.807, 2.05) is 0 Å². The highest BCUT2D eigenvalue weighted by molar-refractivity contribution is 6.31. The predicted molar refractivity (Wildman–Crippen MR) is 68.5 cm³/mol. The molecule has 0 heterocycles. The minimum Gasteiger partial charge on any atom is -0.481 e. The summed E-state index contributed by atoms with van der Waals surface area (Å²) in [6.45, 7) is 0. The second-order valence-corrected chi connectivity index (χ2v) is 4.98. The van der Waals surface area contributed by atoms with Gasteiger partial charge in [-0.1, -0.05) is 24.1 Å². The van der Waals surface area contributed by atoms with Gasteiger partial charge in [0.25, 0.3) is 0 Å². The Labute approximate surface area is 114 Å². The van der Waals surface area contributed by atoms with E-state index < -0.39 is 29.5 Å². The molecule has 2 N–H and O–H groups in total. The number of benzene rings is 1. The highest BCUT2D eigenvalue weighted by Crippen LogP contribution is 2.33. The number of carbonyl (C=O) groups excluding carboxylic acids is 1. The van der Waals surface area contributed by atoms with Gasteiger partial charge in [0.1, 0.15) is 0 Å². The van der Waals surface area contributed by atoms with Gasteiger partial charge in [-0.2, -0.15) is 0 Å². The first-order chi connectivity index (χ1) is 9.00. The van der Waals surface area contributed by atoms with Crippen molar-refractivity contribution in [2.75, 3.05) is 5.32 Å². The van der Waals surface area contributed by atoms with Crippen LogP contribution < -0.4 is 5.32 Å². The Morgan fingerprint density at radius 1 is 1.32 bits per heavy atom. The molecule has 0 aliphatic heterocycles. The van der Waals surface area contributed by atoms with Gasteiger partial charge in [0.15, 0.2) is 5.82 Å². The molecule has 0 radical (unpaired) electrons. The zero-order valence-corrected chi connectivity index (χ0v) is 10.8. The van der Waals surface area contributed by atoms with E-state index in [9.17, 15) is 14.0 Å². The molecule has 1 aliphatic rings. The van der Waals surface area contributed by atoms with Crippen LogP contribution >= 0.6 is 11.6 Å². The Morgan fingerprint density at radius 2 is 2.00 bits per heavy atom. The maximum atomic E-state index is 13.6. The van der Waals surface area contributed by atoms with Gasteiger partial charge in [-0.05, 0) is 25.0 Å². The number of hydrogen-bond donors (Lipinski definition) is 2. The molecule has 0 bridgehead atoms. The molecule has 1 amide bonds. The lowest BCUT2D eigenvalue weighted by atomic mass is 9.95. The van der Waals surface area contributed by atoms with Crippen LogP contribution in [0.25, 0.3) is 0 Å². The Bertz CT molecular complexity index is 521. The number of rotatable bonds is 3. The van der Waals surface area contributed by atoms with Gasteiger partial charge < -0.3 is 10.4 Å². The smallest absolute Gasteiger partial charge is 0.307 e. The summed E-state index contributed by atoms with van der Waals surface area (Å²) in [7, 11) is 0. The quantitative estimate of drug-likeness (QED) is 0.897. The minimum atomic E-state index is -0.982. The largest absolute Gasteiger partial charge is 0.481 e. The molecule has 2 atom stereocenters. The van der Waals surface area contributed by atoms with Crippen molar-refractivity contribution in [1.29, 1.82) is 0 Å². The molecular weight excluding hydrogens is 273 g/mol. The molecule has 6 heteroatoms. The summed E-state index contributed by atoms with van der Waals surface area (Å²) >= 11 is 5.62. The molecule has 4 nitrogen and oxygen atoms in total. The van der Waals surface area contributed by atoms with Crippen molar-refractivity contribution in [2.45, 2.75) is 19.3 Å². The van der Waals surface area contributed by atoms with E-state index in [4.69, 9.17) is 16.7 Å². The van der Waals surface area contributed by atoms with Crippen LogP contribution in [0.3, 0.4) is 0 Å². The third kappa shape index (κ3) is 2.87. The van der Waals surface area contributed by atoms with Crippen LogP contribution in [-0.2, 0) is 9.59 Å². The third-order valence-corrected chi connectivity index (χ3v) is 3.67. The topological polar surface area (TPSA) is 66.4 Å². The van der Waals surface area contributed by atoms with E-state index in [0.29, 0.717) is 19.3 Å². The summed E-state index contributed by atoms with van der Waals surface area (Å²) in [4.78, 5) is 23.0. The molecule has 102 valence electrons. The molecule has 1 saturated carbocycles. The number of carboxylic acids is 1. The van der Waals surface area contributed by atoms with Crippen LogP contribution in [-0.4, -0.2) is 17.0 Å². The fourth-order valence-electron chi connectivity index (χ4n) is 2.40.